The van der Waals surface area contributed by atoms with Gasteiger partial charge in [0.25, 0.3) is 0 Å². The highest BCUT2D eigenvalue weighted by atomic mass is 32.1. The second-order valence-corrected chi connectivity index (χ2v) is 7.42. The number of anilines is 1. The molecule has 0 spiro atoms. The van der Waals surface area contributed by atoms with Crippen LogP contribution in [0.15, 0.2) is 90.3 Å². The summed E-state index contributed by atoms with van der Waals surface area (Å²) in [7, 11) is 0. The molecule has 4 aromatic rings. The summed E-state index contributed by atoms with van der Waals surface area (Å²) in [5.41, 5.74) is -0.221. The molecule has 2 aromatic heterocycles. The van der Waals surface area contributed by atoms with Gasteiger partial charge >= 0.3 is 17.9 Å². The van der Waals surface area contributed by atoms with Crippen LogP contribution in [0.2, 0.25) is 0 Å². The average Bonchev–Trinajstić information content (AvgIpc) is 3.35. The zero-order chi connectivity index (χ0) is 23.2. The maximum absolute atomic E-state index is 13.1. The maximum Gasteiger partial charge on any atom is 0.430 e. The predicted molar refractivity (Wildman–Crippen MR) is 122 cm³/mol. The lowest BCUT2D eigenvalue weighted by molar-refractivity contribution is -0.384. The number of nitro groups is 1. The molecule has 0 atom stereocenters. The zero-order valence-corrected chi connectivity index (χ0v) is 17.7. The van der Waals surface area contributed by atoms with E-state index in [1.807, 2.05) is 5.38 Å². The number of carbonyl (C=O) groups is 2. The van der Waals surface area contributed by atoms with E-state index >= 15 is 0 Å². The molecular weight excluding hydrogens is 446 g/mol. The van der Waals surface area contributed by atoms with Gasteiger partial charge in [0, 0.05) is 6.07 Å². The number of benzene rings is 2. The number of hydrogen-bond donors (Lipinski definition) is 0. The van der Waals surface area contributed by atoms with E-state index in [-0.39, 0.29) is 11.5 Å². The van der Waals surface area contributed by atoms with Gasteiger partial charge in [-0.1, -0.05) is 42.5 Å². The van der Waals surface area contributed by atoms with E-state index in [9.17, 15) is 19.7 Å². The van der Waals surface area contributed by atoms with Crippen molar-refractivity contribution in [3.63, 3.8) is 0 Å². The molecule has 0 N–H and O–H groups in total. The number of para-hydroxylation sites is 2. The van der Waals surface area contributed by atoms with Gasteiger partial charge in [-0.25, -0.2) is 14.6 Å². The summed E-state index contributed by atoms with van der Waals surface area (Å²) in [4.78, 5) is 42.5. The lowest BCUT2D eigenvalue weighted by Crippen LogP contribution is -2.42. The van der Waals surface area contributed by atoms with Crippen molar-refractivity contribution in [2.75, 3.05) is 4.90 Å². The minimum atomic E-state index is -1.21. The number of aromatic nitrogens is 1. The van der Waals surface area contributed by atoms with Crippen molar-refractivity contribution in [1.29, 1.82) is 0 Å². The van der Waals surface area contributed by atoms with E-state index in [1.165, 1.54) is 47.7 Å². The fraction of sp³-hybridized carbons (Fsp3) is 0. The number of carbonyl (C=O) groups excluding carboxylic acids is 2. The molecule has 164 valence electrons. The molecule has 2 aromatic carbocycles. The largest absolute Gasteiger partial charge is 0.430 e. The van der Waals surface area contributed by atoms with Crippen LogP contribution in [0.3, 0.4) is 0 Å². The first kappa shape index (κ1) is 21.7. The Morgan fingerprint density at radius 3 is 1.88 bits per heavy atom. The Morgan fingerprint density at radius 2 is 1.39 bits per heavy atom. The highest BCUT2D eigenvalue weighted by Crippen LogP contribution is 2.32. The highest BCUT2D eigenvalue weighted by molar-refractivity contribution is 7.13. The first-order chi connectivity index (χ1) is 16.0. The molecule has 0 saturated heterocycles. The first-order valence-corrected chi connectivity index (χ1v) is 10.4. The molecule has 0 saturated carbocycles. The van der Waals surface area contributed by atoms with E-state index in [4.69, 9.17) is 9.47 Å². The third-order valence-electron chi connectivity index (χ3n) is 4.30. The van der Waals surface area contributed by atoms with Gasteiger partial charge in [-0.15, -0.1) is 11.3 Å². The van der Waals surface area contributed by atoms with Crippen LogP contribution in [0.25, 0.3) is 10.6 Å². The number of ether oxygens (including phenoxy) is 2. The van der Waals surface area contributed by atoms with Gasteiger partial charge in [0.05, 0.1) is 15.5 Å². The summed E-state index contributed by atoms with van der Waals surface area (Å²) < 4.78 is 10.6. The van der Waals surface area contributed by atoms with Crippen LogP contribution in [0.4, 0.5) is 21.1 Å². The number of hydrogen-bond acceptors (Lipinski definition) is 8. The number of pyridine rings is 1. The standard InChI is InChI=1S/C23H15N3O6S/c27-22(31-16-8-3-1-4-9-16)25(23(28)32-17-10-5-2-6-11-17)21-19(26(29)30)14-13-18(24-21)20-12-7-15-33-20/h1-15H. The van der Waals surface area contributed by atoms with E-state index in [0.717, 1.165) is 0 Å². The first-order valence-electron chi connectivity index (χ1n) is 9.56. The highest BCUT2D eigenvalue weighted by Gasteiger charge is 2.35. The van der Waals surface area contributed by atoms with Gasteiger partial charge in [-0.3, -0.25) is 10.1 Å². The van der Waals surface area contributed by atoms with Gasteiger partial charge in [0.15, 0.2) is 0 Å². The number of thiophene rings is 1. The van der Waals surface area contributed by atoms with Gasteiger partial charge in [0.1, 0.15) is 11.5 Å². The Labute approximate surface area is 191 Å². The van der Waals surface area contributed by atoms with E-state index in [1.54, 1.807) is 48.5 Å². The molecular formula is C23H15N3O6S. The SMILES string of the molecule is O=C(Oc1ccccc1)N(C(=O)Oc1ccccc1)c1nc(-c2cccs2)ccc1[N+](=O)[O-]. The Bertz CT molecular complexity index is 1230. The van der Waals surface area contributed by atoms with Crippen molar-refractivity contribution in [2.24, 2.45) is 0 Å². The molecule has 9 nitrogen and oxygen atoms in total. The summed E-state index contributed by atoms with van der Waals surface area (Å²) in [6, 6.07) is 22.1. The number of nitrogens with zero attached hydrogens (tertiary/aromatic N) is 3. The smallest absolute Gasteiger partial charge is 0.410 e. The van der Waals surface area contributed by atoms with Crippen LogP contribution < -0.4 is 14.4 Å². The summed E-state index contributed by atoms with van der Waals surface area (Å²) >= 11 is 1.35. The molecule has 0 radical (unpaired) electrons. The normalized spacial score (nSPS) is 10.3. The van der Waals surface area contributed by atoms with Gasteiger partial charge in [0.2, 0.25) is 5.82 Å². The van der Waals surface area contributed by atoms with Crippen LogP contribution in [-0.4, -0.2) is 22.1 Å². The van der Waals surface area contributed by atoms with Crippen molar-refractivity contribution in [2.45, 2.75) is 0 Å². The Morgan fingerprint density at radius 1 is 0.818 bits per heavy atom. The van der Waals surface area contributed by atoms with Crippen LogP contribution >= 0.6 is 11.3 Å². The van der Waals surface area contributed by atoms with Gasteiger partial charge in [-0.2, -0.15) is 4.90 Å². The lowest BCUT2D eigenvalue weighted by Gasteiger charge is -2.19. The second-order valence-electron chi connectivity index (χ2n) is 6.47. The van der Waals surface area contributed by atoms with Gasteiger partial charge in [-0.05, 0) is 41.8 Å². The van der Waals surface area contributed by atoms with E-state index in [2.05, 4.69) is 4.98 Å². The molecule has 0 aliphatic rings. The molecule has 0 aliphatic carbocycles. The van der Waals surface area contributed by atoms with Gasteiger partial charge < -0.3 is 9.47 Å². The molecule has 0 unspecified atom stereocenters. The lowest BCUT2D eigenvalue weighted by atomic mass is 10.2. The fourth-order valence-electron chi connectivity index (χ4n) is 2.83. The third kappa shape index (κ3) is 5.02. The van der Waals surface area contributed by atoms with Crippen molar-refractivity contribution < 1.29 is 24.0 Å². The average molecular weight is 461 g/mol. The third-order valence-corrected chi connectivity index (χ3v) is 5.19. The van der Waals surface area contributed by atoms with Crippen LogP contribution in [0.1, 0.15) is 0 Å². The molecule has 2 heterocycles. The minimum absolute atomic E-state index is 0.136. The van der Waals surface area contributed by atoms with Crippen molar-refractivity contribution in [1.82, 2.24) is 4.98 Å². The Balaban J connectivity index is 1.79. The minimum Gasteiger partial charge on any atom is -0.410 e. The molecule has 0 aliphatic heterocycles. The van der Waals surface area contributed by atoms with Crippen LogP contribution in [0.5, 0.6) is 11.5 Å². The van der Waals surface area contributed by atoms with Crippen molar-refractivity contribution in [3.8, 4) is 22.1 Å². The number of amides is 2. The Kier molecular flexibility index (Phi) is 6.37. The van der Waals surface area contributed by atoms with E-state index in [0.29, 0.717) is 15.5 Å². The number of rotatable bonds is 5. The molecule has 4 rings (SSSR count). The molecule has 10 heteroatoms. The topological polar surface area (TPSA) is 112 Å². The number of imide groups is 1. The van der Waals surface area contributed by atoms with Crippen LogP contribution in [0, 0.1) is 10.1 Å². The maximum atomic E-state index is 13.1. The second kappa shape index (κ2) is 9.71. The Hall–Kier alpha value is -4.57. The fourth-order valence-corrected chi connectivity index (χ4v) is 3.52. The van der Waals surface area contributed by atoms with Crippen molar-refractivity contribution >= 4 is 35.0 Å². The predicted octanol–water partition coefficient (Wildman–Crippen LogP) is 5.92. The zero-order valence-electron chi connectivity index (χ0n) is 16.9. The molecule has 33 heavy (non-hydrogen) atoms. The van der Waals surface area contributed by atoms with Crippen LogP contribution in [-0.2, 0) is 0 Å². The van der Waals surface area contributed by atoms with Crippen molar-refractivity contribution in [3.05, 3.63) is 100 Å². The molecule has 0 bridgehead atoms. The quantitative estimate of drug-likeness (QED) is 0.268. The summed E-state index contributed by atoms with van der Waals surface area (Å²) in [6.07, 6.45) is -2.41. The monoisotopic (exact) mass is 461 g/mol. The summed E-state index contributed by atoms with van der Waals surface area (Å²) in [5.74, 6) is -0.248. The summed E-state index contributed by atoms with van der Waals surface area (Å²) in [5, 5.41) is 13.5. The molecule has 0 fully saturated rings. The summed E-state index contributed by atoms with van der Waals surface area (Å²) in [6.45, 7) is 0. The van der Waals surface area contributed by atoms with E-state index < -0.39 is 28.6 Å². The molecule has 2 amide bonds.